The molecule has 126 valence electrons. The number of H-pyrrole nitrogens is 1. The molecule has 0 unspecified atom stereocenters. The first-order valence-corrected chi connectivity index (χ1v) is 7.63. The van der Waals surface area contributed by atoms with Gasteiger partial charge in [-0.3, -0.25) is 0 Å². The second-order valence-corrected chi connectivity index (χ2v) is 6.76. The molecule has 23 heavy (non-hydrogen) atoms. The summed E-state index contributed by atoms with van der Waals surface area (Å²) in [4.78, 5) is 14.8. The third-order valence-electron chi connectivity index (χ3n) is 3.22. The van der Waals surface area contributed by atoms with E-state index in [2.05, 4.69) is 10.3 Å². The first-order valence-electron chi connectivity index (χ1n) is 7.25. The summed E-state index contributed by atoms with van der Waals surface area (Å²) < 4.78 is 18.8. The Labute approximate surface area is 138 Å². The van der Waals surface area contributed by atoms with Crippen molar-refractivity contribution in [1.82, 2.24) is 10.3 Å². The molecule has 2 aromatic rings. The quantitative estimate of drug-likeness (QED) is 0.797. The summed E-state index contributed by atoms with van der Waals surface area (Å²) in [5, 5.41) is 12.8. The Kier molecular flexibility index (Phi) is 5.16. The monoisotopic (exact) mass is 342 g/mol. The number of aliphatic hydroxyl groups is 1. The molecule has 0 radical (unpaired) electrons. The van der Waals surface area contributed by atoms with E-state index in [9.17, 15) is 14.3 Å². The number of rotatable bonds is 4. The molecule has 5 nitrogen and oxygen atoms in total. The van der Waals surface area contributed by atoms with Crippen molar-refractivity contribution < 1.29 is 19.0 Å². The number of ether oxygens (including phenoxy) is 1. The van der Waals surface area contributed by atoms with Crippen molar-refractivity contribution in [2.45, 2.75) is 38.8 Å². The number of fused-ring (bicyclic) bond motifs is 1. The highest BCUT2D eigenvalue weighted by Gasteiger charge is 2.20. The van der Waals surface area contributed by atoms with Gasteiger partial charge in [-0.1, -0.05) is 11.6 Å². The third kappa shape index (κ3) is 4.59. The average Bonchev–Trinajstić information content (AvgIpc) is 2.79. The smallest absolute Gasteiger partial charge is 0.407 e. The van der Waals surface area contributed by atoms with E-state index in [0.29, 0.717) is 17.3 Å². The zero-order valence-corrected chi connectivity index (χ0v) is 14.0. The molecule has 1 aromatic carbocycles. The van der Waals surface area contributed by atoms with Crippen LogP contribution in [-0.4, -0.2) is 34.4 Å². The van der Waals surface area contributed by atoms with E-state index >= 15 is 0 Å². The fourth-order valence-corrected chi connectivity index (χ4v) is 2.41. The van der Waals surface area contributed by atoms with E-state index in [1.165, 1.54) is 12.1 Å². The van der Waals surface area contributed by atoms with Crippen molar-refractivity contribution >= 4 is 28.6 Å². The Morgan fingerprint density at radius 1 is 1.48 bits per heavy atom. The number of halogens is 2. The van der Waals surface area contributed by atoms with Gasteiger partial charge in [-0.05, 0) is 44.9 Å². The normalized spacial score (nSPS) is 13.1. The van der Waals surface area contributed by atoms with Gasteiger partial charge in [0.1, 0.15) is 11.4 Å². The van der Waals surface area contributed by atoms with E-state index in [1.807, 2.05) is 0 Å². The Morgan fingerprint density at radius 2 is 2.17 bits per heavy atom. The number of carbonyl (C=O) groups excluding carboxylic acids is 1. The highest BCUT2D eigenvalue weighted by Crippen LogP contribution is 2.25. The molecule has 1 aromatic heterocycles. The molecule has 0 aliphatic heterocycles. The second-order valence-electron chi connectivity index (χ2n) is 6.36. The van der Waals surface area contributed by atoms with E-state index in [1.54, 1.807) is 27.0 Å². The standard InChI is InChI=1S/C16H20ClFN2O3/c1-16(2,3)23-15(22)20-10(8-21)4-9-7-19-14-6-12(17)13(18)5-11(9)14/h5-7,10,19,21H,4,8H2,1-3H3,(H,20,22)/t10-/m1/s1. The minimum atomic E-state index is -0.620. The van der Waals surface area contributed by atoms with E-state index in [0.717, 1.165) is 5.56 Å². The van der Waals surface area contributed by atoms with Gasteiger partial charge >= 0.3 is 6.09 Å². The minimum Gasteiger partial charge on any atom is -0.444 e. The maximum absolute atomic E-state index is 13.6. The summed E-state index contributed by atoms with van der Waals surface area (Å²) in [6.07, 6.45) is 1.43. The summed E-state index contributed by atoms with van der Waals surface area (Å²) in [7, 11) is 0. The van der Waals surface area contributed by atoms with Crippen molar-refractivity contribution in [3.05, 3.63) is 34.7 Å². The molecular formula is C16H20ClFN2O3. The Bertz CT molecular complexity index is 709. The number of amides is 1. The zero-order valence-electron chi connectivity index (χ0n) is 13.2. The lowest BCUT2D eigenvalue weighted by Crippen LogP contribution is -2.42. The van der Waals surface area contributed by atoms with Crippen LogP contribution in [0.5, 0.6) is 0 Å². The summed E-state index contributed by atoms with van der Waals surface area (Å²) in [5.74, 6) is -0.513. The summed E-state index contributed by atoms with van der Waals surface area (Å²) in [5.41, 5.74) is 0.844. The highest BCUT2D eigenvalue weighted by atomic mass is 35.5. The second kappa shape index (κ2) is 6.76. The molecule has 0 fully saturated rings. The molecule has 3 N–H and O–H groups in total. The van der Waals surface area contributed by atoms with E-state index < -0.39 is 23.6 Å². The molecule has 0 bridgehead atoms. The van der Waals surface area contributed by atoms with Crippen molar-refractivity contribution in [1.29, 1.82) is 0 Å². The lowest BCUT2D eigenvalue weighted by molar-refractivity contribution is 0.0483. The molecule has 1 atom stereocenters. The summed E-state index contributed by atoms with van der Waals surface area (Å²) >= 11 is 5.75. The van der Waals surface area contributed by atoms with E-state index in [4.69, 9.17) is 16.3 Å². The van der Waals surface area contributed by atoms with Gasteiger partial charge in [0.05, 0.1) is 17.7 Å². The van der Waals surface area contributed by atoms with Gasteiger partial charge in [0.2, 0.25) is 0 Å². The topological polar surface area (TPSA) is 74.3 Å². The van der Waals surface area contributed by atoms with Crippen molar-refractivity contribution in [3.63, 3.8) is 0 Å². The first-order chi connectivity index (χ1) is 10.7. The van der Waals surface area contributed by atoms with Crippen LogP contribution in [0.1, 0.15) is 26.3 Å². The van der Waals surface area contributed by atoms with Crippen LogP contribution in [-0.2, 0) is 11.2 Å². The predicted molar refractivity (Wildman–Crippen MR) is 87.2 cm³/mol. The number of benzene rings is 1. The maximum atomic E-state index is 13.6. The van der Waals surface area contributed by atoms with Crippen LogP contribution in [0.25, 0.3) is 10.9 Å². The van der Waals surface area contributed by atoms with Crippen LogP contribution < -0.4 is 5.32 Å². The number of alkyl carbamates (subject to hydrolysis) is 1. The zero-order chi connectivity index (χ0) is 17.2. The fraction of sp³-hybridized carbons (Fsp3) is 0.438. The number of hydrogen-bond acceptors (Lipinski definition) is 3. The van der Waals surface area contributed by atoms with Gasteiger partial charge in [0.15, 0.2) is 0 Å². The average molecular weight is 343 g/mol. The van der Waals surface area contributed by atoms with Crippen LogP contribution in [0.4, 0.5) is 9.18 Å². The minimum absolute atomic E-state index is 0.0384. The van der Waals surface area contributed by atoms with Gasteiger partial charge < -0.3 is 20.1 Å². The molecule has 2 rings (SSSR count). The molecular weight excluding hydrogens is 323 g/mol. The summed E-state index contributed by atoms with van der Waals surface area (Å²) in [6, 6.07) is 2.30. The van der Waals surface area contributed by atoms with Gasteiger partial charge in [0.25, 0.3) is 0 Å². The largest absolute Gasteiger partial charge is 0.444 e. The highest BCUT2D eigenvalue weighted by molar-refractivity contribution is 6.31. The lowest BCUT2D eigenvalue weighted by atomic mass is 10.1. The number of aromatic nitrogens is 1. The van der Waals surface area contributed by atoms with Gasteiger partial charge in [-0.25, -0.2) is 9.18 Å². The van der Waals surface area contributed by atoms with E-state index in [-0.39, 0.29) is 11.6 Å². The third-order valence-corrected chi connectivity index (χ3v) is 3.51. The van der Waals surface area contributed by atoms with Crippen LogP contribution in [0.2, 0.25) is 5.02 Å². The van der Waals surface area contributed by atoms with Crippen LogP contribution >= 0.6 is 11.6 Å². The van der Waals surface area contributed by atoms with Gasteiger partial charge in [-0.2, -0.15) is 0 Å². The van der Waals surface area contributed by atoms with Crippen molar-refractivity contribution in [3.8, 4) is 0 Å². The molecule has 0 aliphatic carbocycles. The fourth-order valence-electron chi connectivity index (χ4n) is 2.24. The molecule has 7 heteroatoms. The molecule has 0 saturated carbocycles. The number of aliphatic hydroxyl groups excluding tert-OH is 1. The Balaban J connectivity index is 2.13. The van der Waals surface area contributed by atoms with Crippen molar-refractivity contribution in [2.24, 2.45) is 0 Å². The number of aromatic amines is 1. The Hall–Kier alpha value is -1.79. The SMILES string of the molecule is CC(C)(C)OC(=O)N[C@@H](CO)Cc1c[nH]c2cc(Cl)c(F)cc12. The molecule has 0 aliphatic rings. The predicted octanol–water partition coefficient (Wildman–Crippen LogP) is 3.39. The summed E-state index contributed by atoms with van der Waals surface area (Å²) in [6.45, 7) is 5.01. The molecule has 1 heterocycles. The lowest BCUT2D eigenvalue weighted by Gasteiger charge is -2.22. The molecule has 0 saturated heterocycles. The van der Waals surface area contributed by atoms with Gasteiger partial charge in [0, 0.05) is 17.1 Å². The first kappa shape index (κ1) is 17.6. The van der Waals surface area contributed by atoms with Crippen LogP contribution in [0, 0.1) is 5.82 Å². The maximum Gasteiger partial charge on any atom is 0.407 e. The molecule has 0 spiro atoms. The van der Waals surface area contributed by atoms with Crippen LogP contribution in [0.15, 0.2) is 18.3 Å². The van der Waals surface area contributed by atoms with Gasteiger partial charge in [-0.15, -0.1) is 0 Å². The number of hydrogen-bond donors (Lipinski definition) is 3. The molecule has 1 amide bonds. The number of carbonyl (C=O) groups is 1. The van der Waals surface area contributed by atoms with Crippen molar-refractivity contribution in [2.75, 3.05) is 6.61 Å². The number of nitrogens with one attached hydrogen (secondary N) is 2. The Morgan fingerprint density at radius 3 is 2.78 bits per heavy atom. The van der Waals surface area contributed by atoms with Crippen LogP contribution in [0.3, 0.4) is 0 Å².